The van der Waals surface area contributed by atoms with Crippen LogP contribution in [-0.2, 0) is 21.4 Å². The topological polar surface area (TPSA) is 87.3 Å². The first-order valence-electron chi connectivity index (χ1n) is 5.98. The highest BCUT2D eigenvalue weighted by atomic mass is 32.2. The van der Waals surface area contributed by atoms with Crippen molar-refractivity contribution in [2.24, 2.45) is 0 Å². The molecule has 0 aliphatic carbocycles. The van der Waals surface area contributed by atoms with E-state index >= 15 is 0 Å². The molecule has 0 heterocycles. The molecule has 0 atom stereocenters. The number of carbonyl (C=O) groups is 1. The van der Waals surface area contributed by atoms with E-state index in [-0.39, 0.29) is 0 Å². The van der Waals surface area contributed by atoms with Crippen molar-refractivity contribution in [3.8, 4) is 0 Å². The lowest BCUT2D eigenvalue weighted by Gasteiger charge is -2.11. The summed E-state index contributed by atoms with van der Waals surface area (Å²) in [6.07, 6.45) is 0. The molecule has 19 heavy (non-hydrogen) atoms. The Morgan fingerprint density at radius 3 is 2.58 bits per heavy atom. The van der Waals surface area contributed by atoms with E-state index in [0.717, 1.165) is 12.1 Å². The van der Waals surface area contributed by atoms with Gasteiger partial charge in [-0.2, -0.15) is 0 Å². The van der Waals surface area contributed by atoms with E-state index in [2.05, 4.69) is 15.4 Å². The van der Waals surface area contributed by atoms with Crippen molar-refractivity contribution in [3.63, 3.8) is 0 Å². The van der Waals surface area contributed by atoms with Crippen molar-refractivity contribution in [2.75, 3.05) is 24.7 Å². The van der Waals surface area contributed by atoms with Crippen LogP contribution in [0.1, 0.15) is 12.5 Å². The normalized spacial score (nSPS) is 11.3. The Balaban J connectivity index is 2.73. The molecule has 1 aromatic carbocycles. The minimum Gasteiger partial charge on any atom is -0.325 e. The van der Waals surface area contributed by atoms with Gasteiger partial charge in [0.05, 0.1) is 0 Å². The minimum absolute atomic E-state index is 0.557. The fourth-order valence-corrected chi connectivity index (χ4v) is 2.05. The smallest absolute Gasteiger partial charge is 0.241 e. The molecule has 0 saturated carbocycles. The van der Waals surface area contributed by atoms with Gasteiger partial charge in [0, 0.05) is 12.2 Å². The van der Waals surface area contributed by atoms with Gasteiger partial charge >= 0.3 is 0 Å². The van der Waals surface area contributed by atoms with E-state index in [1.54, 1.807) is 12.1 Å². The second-order valence-corrected chi connectivity index (χ2v) is 5.88. The number of hydrogen-bond acceptors (Lipinski definition) is 4. The van der Waals surface area contributed by atoms with Crippen molar-refractivity contribution in [1.82, 2.24) is 10.0 Å². The van der Waals surface area contributed by atoms with Gasteiger partial charge in [-0.15, -0.1) is 0 Å². The predicted octanol–water partition coefficient (Wildman–Crippen LogP) is 0.284. The van der Waals surface area contributed by atoms with Crippen LogP contribution in [0.4, 0.5) is 5.69 Å². The molecule has 7 heteroatoms. The van der Waals surface area contributed by atoms with E-state index < -0.39 is 21.7 Å². The van der Waals surface area contributed by atoms with Gasteiger partial charge in [0.25, 0.3) is 0 Å². The molecule has 1 amide bonds. The molecule has 6 nitrogen and oxygen atoms in total. The number of para-hydroxylation sites is 1. The third-order valence-electron chi connectivity index (χ3n) is 2.49. The van der Waals surface area contributed by atoms with Crippen LogP contribution in [0, 0.1) is 0 Å². The number of hydrogen-bond donors (Lipinski definition) is 3. The zero-order valence-electron chi connectivity index (χ0n) is 11.1. The summed E-state index contributed by atoms with van der Waals surface area (Å²) in [5.41, 5.74) is 1.54. The van der Waals surface area contributed by atoms with Crippen LogP contribution >= 0.6 is 0 Å². The molecule has 106 valence electrons. The number of amides is 1. The van der Waals surface area contributed by atoms with Crippen LogP contribution in [0.15, 0.2) is 24.3 Å². The van der Waals surface area contributed by atoms with Crippen LogP contribution in [-0.4, -0.2) is 33.7 Å². The average Bonchev–Trinajstić information content (AvgIpc) is 2.37. The molecule has 0 aliphatic rings. The maximum atomic E-state index is 11.7. The number of anilines is 1. The zero-order chi connectivity index (χ0) is 14.3. The number of benzene rings is 1. The van der Waals surface area contributed by atoms with Gasteiger partial charge in [-0.3, -0.25) is 4.79 Å². The Morgan fingerprint density at radius 2 is 1.95 bits per heavy atom. The second-order valence-electron chi connectivity index (χ2n) is 3.95. The molecule has 0 aromatic heterocycles. The van der Waals surface area contributed by atoms with E-state index in [1.165, 1.54) is 7.05 Å². The van der Waals surface area contributed by atoms with Gasteiger partial charge in [-0.1, -0.05) is 25.1 Å². The Hall–Kier alpha value is -1.44. The fraction of sp³-hybridized carbons (Fsp3) is 0.417. The van der Waals surface area contributed by atoms with E-state index in [1.807, 2.05) is 19.1 Å². The largest absolute Gasteiger partial charge is 0.325 e. The molecule has 0 aliphatic heterocycles. The number of sulfonamides is 1. The van der Waals surface area contributed by atoms with E-state index in [4.69, 9.17) is 0 Å². The monoisotopic (exact) mass is 285 g/mol. The highest BCUT2D eigenvalue weighted by molar-refractivity contribution is 7.90. The van der Waals surface area contributed by atoms with Crippen molar-refractivity contribution in [1.29, 1.82) is 0 Å². The number of carbonyl (C=O) groups excluding carboxylic acids is 1. The molecule has 3 N–H and O–H groups in total. The Kier molecular flexibility index (Phi) is 5.94. The molecule has 1 aromatic rings. The third kappa shape index (κ3) is 5.37. The van der Waals surface area contributed by atoms with Crippen LogP contribution < -0.4 is 15.4 Å². The van der Waals surface area contributed by atoms with Gasteiger partial charge in [0.1, 0.15) is 5.75 Å². The maximum absolute atomic E-state index is 11.7. The Morgan fingerprint density at radius 1 is 1.26 bits per heavy atom. The highest BCUT2D eigenvalue weighted by Gasteiger charge is 2.15. The summed E-state index contributed by atoms with van der Waals surface area (Å²) < 4.78 is 24.7. The third-order valence-corrected chi connectivity index (χ3v) is 3.75. The zero-order valence-corrected chi connectivity index (χ0v) is 11.9. The highest BCUT2D eigenvalue weighted by Crippen LogP contribution is 2.14. The van der Waals surface area contributed by atoms with Crippen molar-refractivity contribution in [2.45, 2.75) is 13.5 Å². The SMILES string of the molecule is CCNCc1ccccc1NC(=O)CS(=O)(=O)NC. The molecular formula is C12H19N3O3S. The van der Waals surface area contributed by atoms with Crippen LogP contribution in [0.25, 0.3) is 0 Å². The summed E-state index contributed by atoms with van der Waals surface area (Å²) in [6, 6.07) is 7.28. The Labute approximate surface area is 113 Å². The molecule has 1 rings (SSSR count). The van der Waals surface area contributed by atoms with Crippen LogP contribution in [0.3, 0.4) is 0 Å². The van der Waals surface area contributed by atoms with Gasteiger partial charge in [-0.05, 0) is 25.2 Å². The minimum atomic E-state index is -3.55. The maximum Gasteiger partial charge on any atom is 0.241 e. The van der Waals surface area contributed by atoms with Crippen LogP contribution in [0.2, 0.25) is 0 Å². The average molecular weight is 285 g/mol. The number of nitrogens with one attached hydrogen (secondary N) is 3. The van der Waals surface area contributed by atoms with Gasteiger partial charge in [-0.25, -0.2) is 13.1 Å². The lowest BCUT2D eigenvalue weighted by molar-refractivity contribution is -0.113. The summed E-state index contributed by atoms with van der Waals surface area (Å²) in [4.78, 5) is 11.7. The summed E-state index contributed by atoms with van der Waals surface area (Å²) in [5, 5.41) is 5.77. The fourth-order valence-electron chi connectivity index (χ4n) is 1.49. The molecule has 0 radical (unpaired) electrons. The summed E-state index contributed by atoms with van der Waals surface area (Å²) in [5.74, 6) is -1.14. The summed E-state index contributed by atoms with van der Waals surface area (Å²) in [6.45, 7) is 3.42. The molecule has 0 spiro atoms. The first-order valence-corrected chi connectivity index (χ1v) is 7.63. The molecule has 0 bridgehead atoms. The molecule has 0 fully saturated rings. The predicted molar refractivity (Wildman–Crippen MR) is 75.3 cm³/mol. The van der Waals surface area contributed by atoms with Gasteiger partial charge in [0.2, 0.25) is 15.9 Å². The van der Waals surface area contributed by atoms with Crippen molar-refractivity contribution >= 4 is 21.6 Å². The molecule has 0 saturated heterocycles. The standard InChI is InChI=1S/C12H19N3O3S/c1-3-14-8-10-6-4-5-7-11(10)15-12(16)9-19(17,18)13-2/h4-7,13-14H,3,8-9H2,1-2H3,(H,15,16). The summed E-state index contributed by atoms with van der Waals surface area (Å²) in [7, 11) is -2.27. The van der Waals surface area contributed by atoms with E-state index in [0.29, 0.717) is 12.2 Å². The first kappa shape index (κ1) is 15.6. The summed E-state index contributed by atoms with van der Waals surface area (Å²) >= 11 is 0. The quantitative estimate of drug-likeness (QED) is 0.672. The second kappa shape index (κ2) is 7.22. The van der Waals surface area contributed by atoms with Crippen molar-refractivity contribution in [3.05, 3.63) is 29.8 Å². The number of rotatable bonds is 7. The van der Waals surface area contributed by atoms with Gasteiger partial charge < -0.3 is 10.6 Å². The lowest BCUT2D eigenvalue weighted by Crippen LogP contribution is -2.30. The van der Waals surface area contributed by atoms with Crippen molar-refractivity contribution < 1.29 is 13.2 Å². The first-order chi connectivity index (χ1) is 8.98. The molecular weight excluding hydrogens is 266 g/mol. The lowest BCUT2D eigenvalue weighted by atomic mass is 10.1. The molecule has 0 unspecified atom stereocenters. The van der Waals surface area contributed by atoms with E-state index in [9.17, 15) is 13.2 Å². The van der Waals surface area contributed by atoms with Gasteiger partial charge in [0.15, 0.2) is 0 Å². The van der Waals surface area contributed by atoms with Crippen LogP contribution in [0.5, 0.6) is 0 Å². The Bertz CT molecular complexity index is 529.